The van der Waals surface area contributed by atoms with Gasteiger partial charge >= 0.3 is 6.09 Å². The fourth-order valence-electron chi connectivity index (χ4n) is 0.799. The molecule has 0 aromatic carbocycles. The summed E-state index contributed by atoms with van der Waals surface area (Å²) in [6.07, 6.45) is 1.56. The van der Waals surface area contributed by atoms with E-state index >= 15 is 0 Å². The van der Waals surface area contributed by atoms with Crippen LogP contribution in [0.1, 0.15) is 12.8 Å². The number of rotatable bonds is 2. The Labute approximate surface area is 59.7 Å². The smallest absolute Gasteiger partial charge is 0.407 e. The van der Waals surface area contributed by atoms with E-state index in [-0.39, 0.29) is 11.6 Å². The van der Waals surface area contributed by atoms with Gasteiger partial charge in [-0.2, -0.15) is 0 Å². The van der Waals surface area contributed by atoms with Crippen molar-refractivity contribution in [1.82, 2.24) is 5.32 Å². The quantitative estimate of drug-likeness (QED) is 0.565. The van der Waals surface area contributed by atoms with Gasteiger partial charge in [0.2, 0.25) is 0 Å². The molecule has 4 nitrogen and oxygen atoms in total. The molecule has 0 spiro atoms. The zero-order valence-corrected chi connectivity index (χ0v) is 6.02. The predicted molar refractivity (Wildman–Crippen MR) is 36.6 cm³/mol. The molecule has 1 aliphatic carbocycles. The van der Waals surface area contributed by atoms with Crippen LogP contribution >= 0.6 is 0 Å². The summed E-state index contributed by atoms with van der Waals surface area (Å²) in [6, 6.07) is 0. The number of carbonyl (C=O) groups is 1. The molecule has 3 N–H and O–H groups in total. The first-order valence-corrected chi connectivity index (χ1v) is 3.29. The van der Waals surface area contributed by atoms with Gasteiger partial charge in [0.15, 0.2) is 0 Å². The third-order valence-electron chi connectivity index (χ3n) is 1.80. The molecule has 1 rings (SSSR count). The van der Waals surface area contributed by atoms with E-state index in [0.717, 1.165) is 12.8 Å². The second-order valence-corrected chi connectivity index (χ2v) is 2.60. The number of nitrogens with one attached hydrogen (secondary N) is 1. The molecule has 1 fully saturated rings. The number of alkyl carbamates (subject to hydrolysis) is 1. The SMILES string of the molecule is COC(=O)NC1(CN)CC1. The highest BCUT2D eigenvalue weighted by Gasteiger charge is 2.42. The van der Waals surface area contributed by atoms with Gasteiger partial charge < -0.3 is 15.8 Å². The van der Waals surface area contributed by atoms with Crippen LogP contribution in [-0.2, 0) is 4.74 Å². The van der Waals surface area contributed by atoms with Crippen molar-refractivity contribution in [3.05, 3.63) is 0 Å². The van der Waals surface area contributed by atoms with Crippen molar-refractivity contribution in [3.63, 3.8) is 0 Å². The number of amides is 1. The Morgan fingerprint density at radius 3 is 2.70 bits per heavy atom. The molecule has 1 amide bonds. The summed E-state index contributed by atoms with van der Waals surface area (Å²) in [7, 11) is 1.35. The third-order valence-corrected chi connectivity index (χ3v) is 1.80. The van der Waals surface area contributed by atoms with Gasteiger partial charge in [0.1, 0.15) is 0 Å². The Bertz CT molecular complexity index is 143. The van der Waals surface area contributed by atoms with Crippen LogP contribution < -0.4 is 11.1 Å². The lowest BCUT2D eigenvalue weighted by atomic mass is 10.3. The van der Waals surface area contributed by atoms with Gasteiger partial charge in [-0.25, -0.2) is 4.79 Å². The minimum absolute atomic E-state index is 0.132. The third kappa shape index (κ3) is 1.39. The Balaban J connectivity index is 2.30. The van der Waals surface area contributed by atoms with Gasteiger partial charge in [-0.15, -0.1) is 0 Å². The molecule has 0 radical (unpaired) electrons. The van der Waals surface area contributed by atoms with Crippen LogP contribution in [0.25, 0.3) is 0 Å². The van der Waals surface area contributed by atoms with E-state index in [4.69, 9.17) is 5.73 Å². The van der Waals surface area contributed by atoms with Crippen LogP contribution in [0.3, 0.4) is 0 Å². The Morgan fingerprint density at radius 2 is 2.40 bits per heavy atom. The van der Waals surface area contributed by atoms with E-state index in [1.54, 1.807) is 0 Å². The summed E-state index contributed by atoms with van der Waals surface area (Å²) in [5, 5.41) is 2.68. The first-order chi connectivity index (χ1) is 4.72. The molecule has 58 valence electrons. The molecule has 10 heavy (non-hydrogen) atoms. The van der Waals surface area contributed by atoms with E-state index in [1.165, 1.54) is 7.11 Å². The summed E-state index contributed by atoms with van der Waals surface area (Å²) in [4.78, 5) is 10.6. The van der Waals surface area contributed by atoms with Gasteiger partial charge in [-0.3, -0.25) is 0 Å². The fraction of sp³-hybridized carbons (Fsp3) is 0.833. The molecule has 0 heterocycles. The van der Waals surface area contributed by atoms with Crippen molar-refractivity contribution in [3.8, 4) is 0 Å². The number of ether oxygens (including phenoxy) is 1. The van der Waals surface area contributed by atoms with Crippen LogP contribution in [0.15, 0.2) is 0 Å². The van der Waals surface area contributed by atoms with Gasteiger partial charge in [0.25, 0.3) is 0 Å². The van der Waals surface area contributed by atoms with Crippen LogP contribution in [-0.4, -0.2) is 25.3 Å². The molecular formula is C6H12N2O2. The summed E-state index contributed by atoms with van der Waals surface area (Å²) >= 11 is 0. The molecular weight excluding hydrogens is 132 g/mol. The summed E-state index contributed by atoms with van der Waals surface area (Å²) < 4.78 is 4.42. The molecule has 0 bridgehead atoms. The zero-order valence-electron chi connectivity index (χ0n) is 6.02. The number of hydrogen-bond donors (Lipinski definition) is 2. The van der Waals surface area contributed by atoms with Crippen molar-refractivity contribution in [2.45, 2.75) is 18.4 Å². The second kappa shape index (κ2) is 2.46. The molecule has 0 aromatic heterocycles. The summed E-state index contributed by atoms with van der Waals surface area (Å²) in [6.45, 7) is 0.502. The molecule has 1 aliphatic rings. The highest BCUT2D eigenvalue weighted by atomic mass is 16.5. The van der Waals surface area contributed by atoms with Crippen LogP contribution in [0.5, 0.6) is 0 Å². The Hall–Kier alpha value is -0.770. The highest BCUT2D eigenvalue weighted by molar-refractivity contribution is 5.68. The van der Waals surface area contributed by atoms with Crippen molar-refractivity contribution in [2.24, 2.45) is 5.73 Å². The molecule has 0 aliphatic heterocycles. The molecule has 0 unspecified atom stereocenters. The van der Waals surface area contributed by atoms with E-state index < -0.39 is 0 Å². The lowest BCUT2D eigenvalue weighted by Crippen LogP contribution is -2.42. The van der Waals surface area contributed by atoms with Gasteiger partial charge in [-0.05, 0) is 12.8 Å². The lowest BCUT2D eigenvalue weighted by Gasteiger charge is -2.12. The molecule has 1 saturated carbocycles. The van der Waals surface area contributed by atoms with Crippen molar-refractivity contribution in [2.75, 3.05) is 13.7 Å². The van der Waals surface area contributed by atoms with Crippen LogP contribution in [0.4, 0.5) is 4.79 Å². The highest BCUT2D eigenvalue weighted by Crippen LogP contribution is 2.33. The monoisotopic (exact) mass is 144 g/mol. The largest absolute Gasteiger partial charge is 0.453 e. The second-order valence-electron chi connectivity index (χ2n) is 2.60. The average molecular weight is 144 g/mol. The van der Waals surface area contributed by atoms with Gasteiger partial charge in [0.05, 0.1) is 12.6 Å². The molecule has 4 heteroatoms. The zero-order chi connectivity index (χ0) is 7.61. The minimum Gasteiger partial charge on any atom is -0.453 e. The van der Waals surface area contributed by atoms with Crippen molar-refractivity contribution in [1.29, 1.82) is 0 Å². The van der Waals surface area contributed by atoms with Gasteiger partial charge in [-0.1, -0.05) is 0 Å². The Kier molecular flexibility index (Phi) is 1.80. The normalized spacial score (nSPS) is 19.8. The summed E-state index contributed by atoms with van der Waals surface area (Å²) in [5.41, 5.74) is 5.27. The van der Waals surface area contributed by atoms with E-state index in [2.05, 4.69) is 10.1 Å². The average Bonchev–Trinajstić information content (AvgIpc) is 2.70. The molecule has 0 atom stereocenters. The van der Waals surface area contributed by atoms with E-state index in [9.17, 15) is 4.79 Å². The Morgan fingerprint density at radius 1 is 1.80 bits per heavy atom. The first-order valence-electron chi connectivity index (χ1n) is 3.29. The fourth-order valence-corrected chi connectivity index (χ4v) is 0.799. The maximum absolute atomic E-state index is 10.6. The topological polar surface area (TPSA) is 64.3 Å². The first kappa shape index (κ1) is 7.34. The van der Waals surface area contributed by atoms with Crippen molar-refractivity contribution >= 4 is 6.09 Å². The van der Waals surface area contributed by atoms with E-state index in [1.807, 2.05) is 0 Å². The molecule has 0 aromatic rings. The van der Waals surface area contributed by atoms with Crippen LogP contribution in [0, 0.1) is 0 Å². The maximum Gasteiger partial charge on any atom is 0.407 e. The van der Waals surface area contributed by atoms with Crippen LogP contribution in [0.2, 0.25) is 0 Å². The van der Waals surface area contributed by atoms with Crippen molar-refractivity contribution < 1.29 is 9.53 Å². The minimum atomic E-state index is -0.386. The number of nitrogens with two attached hydrogens (primary N) is 1. The predicted octanol–water partition coefficient (Wildman–Crippen LogP) is -0.166. The maximum atomic E-state index is 10.6. The lowest BCUT2D eigenvalue weighted by molar-refractivity contribution is 0.165. The number of hydrogen-bond acceptors (Lipinski definition) is 3. The number of methoxy groups -OCH3 is 1. The van der Waals surface area contributed by atoms with E-state index in [0.29, 0.717) is 6.54 Å². The number of carbonyl (C=O) groups excluding carboxylic acids is 1. The molecule has 0 saturated heterocycles. The summed E-state index contributed by atoms with van der Waals surface area (Å²) in [5.74, 6) is 0. The van der Waals surface area contributed by atoms with Gasteiger partial charge in [0, 0.05) is 6.54 Å². The standard InChI is InChI=1S/C6H12N2O2/c1-10-5(9)8-6(4-7)2-3-6/h2-4,7H2,1H3,(H,8,9).